The van der Waals surface area contributed by atoms with Gasteiger partial charge in [-0.25, -0.2) is 4.79 Å². The summed E-state index contributed by atoms with van der Waals surface area (Å²) < 4.78 is 0. The summed E-state index contributed by atoms with van der Waals surface area (Å²) in [5.41, 5.74) is 5.67. The summed E-state index contributed by atoms with van der Waals surface area (Å²) in [7, 11) is 0. The topological polar surface area (TPSA) is 92.4 Å². The summed E-state index contributed by atoms with van der Waals surface area (Å²) in [5, 5.41) is 13.5. The summed E-state index contributed by atoms with van der Waals surface area (Å²) >= 11 is 1.31. The molecule has 0 saturated carbocycles. The van der Waals surface area contributed by atoms with E-state index in [0.29, 0.717) is 11.3 Å². The smallest absolute Gasteiger partial charge is 0.331 e. The van der Waals surface area contributed by atoms with Crippen LogP contribution in [-0.4, -0.2) is 23.0 Å². The molecule has 0 fully saturated rings. The highest BCUT2D eigenvalue weighted by molar-refractivity contribution is 7.10. The van der Waals surface area contributed by atoms with Crippen LogP contribution < -0.4 is 11.1 Å². The average Bonchev–Trinajstić information content (AvgIpc) is 2.95. The Kier molecular flexibility index (Phi) is 3.78. The zero-order chi connectivity index (χ0) is 13.1. The SMILES string of the molecule is NC1C=CC(C(=O)NC(C(=O)O)c2cccs2)C1. The zero-order valence-corrected chi connectivity index (χ0v) is 10.4. The minimum absolute atomic E-state index is 0.120. The molecule has 1 amide bonds. The largest absolute Gasteiger partial charge is 0.479 e. The molecule has 3 unspecified atom stereocenters. The predicted octanol–water partition coefficient (Wildman–Crippen LogP) is 0.893. The fraction of sp³-hybridized carbons (Fsp3) is 0.333. The molecule has 2 rings (SSSR count). The maximum Gasteiger partial charge on any atom is 0.331 e. The zero-order valence-electron chi connectivity index (χ0n) is 9.58. The predicted molar refractivity (Wildman–Crippen MR) is 68.1 cm³/mol. The number of hydrogen-bond donors (Lipinski definition) is 3. The number of aliphatic carboxylic acids is 1. The van der Waals surface area contributed by atoms with Gasteiger partial charge in [0.25, 0.3) is 0 Å². The van der Waals surface area contributed by atoms with Crippen LogP contribution in [0.2, 0.25) is 0 Å². The maximum absolute atomic E-state index is 11.9. The first-order chi connectivity index (χ1) is 8.58. The van der Waals surface area contributed by atoms with Crippen LogP contribution in [-0.2, 0) is 9.59 Å². The molecule has 1 aliphatic rings. The molecule has 0 aromatic carbocycles. The number of nitrogens with two attached hydrogens (primary N) is 1. The van der Waals surface area contributed by atoms with E-state index in [-0.39, 0.29) is 17.9 Å². The summed E-state index contributed by atoms with van der Waals surface area (Å²) in [6.45, 7) is 0. The van der Waals surface area contributed by atoms with Crippen LogP contribution in [0.15, 0.2) is 29.7 Å². The van der Waals surface area contributed by atoms with Gasteiger partial charge < -0.3 is 16.2 Å². The molecule has 0 spiro atoms. The molecule has 0 radical (unpaired) electrons. The molecule has 1 aliphatic carbocycles. The molecule has 1 heterocycles. The van der Waals surface area contributed by atoms with Crippen molar-refractivity contribution in [3.05, 3.63) is 34.5 Å². The molecule has 5 nitrogen and oxygen atoms in total. The molecular weight excluding hydrogens is 252 g/mol. The Morgan fingerprint density at radius 3 is 2.78 bits per heavy atom. The highest BCUT2D eigenvalue weighted by Gasteiger charge is 2.28. The lowest BCUT2D eigenvalue weighted by molar-refractivity contribution is -0.142. The summed E-state index contributed by atoms with van der Waals surface area (Å²) in [5.74, 6) is -1.68. The van der Waals surface area contributed by atoms with Gasteiger partial charge in [0, 0.05) is 10.9 Å². The quantitative estimate of drug-likeness (QED) is 0.706. The highest BCUT2D eigenvalue weighted by atomic mass is 32.1. The van der Waals surface area contributed by atoms with Crippen LogP contribution in [0, 0.1) is 5.92 Å². The first-order valence-corrected chi connectivity index (χ1v) is 6.46. The van der Waals surface area contributed by atoms with E-state index in [1.165, 1.54) is 11.3 Å². The number of hydrogen-bond acceptors (Lipinski definition) is 4. The van der Waals surface area contributed by atoms with Gasteiger partial charge in [-0.15, -0.1) is 11.3 Å². The van der Waals surface area contributed by atoms with Gasteiger partial charge in [-0.3, -0.25) is 4.79 Å². The number of carboxylic acids is 1. The molecule has 0 saturated heterocycles. The standard InChI is InChI=1S/C12H14N2O3S/c13-8-4-3-7(6-8)11(15)14-10(12(16)17)9-2-1-5-18-9/h1-5,7-8,10H,6,13H2,(H,14,15)(H,16,17). The van der Waals surface area contributed by atoms with Gasteiger partial charge in [0.05, 0.1) is 5.92 Å². The highest BCUT2D eigenvalue weighted by Crippen LogP contribution is 2.22. The Morgan fingerprint density at radius 1 is 1.50 bits per heavy atom. The van der Waals surface area contributed by atoms with Crippen LogP contribution in [0.1, 0.15) is 17.3 Å². The van der Waals surface area contributed by atoms with Crippen molar-refractivity contribution in [3.63, 3.8) is 0 Å². The molecule has 0 bridgehead atoms. The molecule has 3 atom stereocenters. The van der Waals surface area contributed by atoms with Crippen LogP contribution >= 0.6 is 11.3 Å². The lowest BCUT2D eigenvalue weighted by Gasteiger charge is -2.16. The molecule has 6 heteroatoms. The third-order valence-electron chi connectivity index (χ3n) is 2.81. The van der Waals surface area contributed by atoms with Crippen LogP contribution in [0.4, 0.5) is 0 Å². The van der Waals surface area contributed by atoms with E-state index in [1.807, 2.05) is 0 Å². The third kappa shape index (κ3) is 2.77. The van der Waals surface area contributed by atoms with E-state index in [1.54, 1.807) is 29.7 Å². The average molecular weight is 266 g/mol. The van der Waals surface area contributed by atoms with Crippen LogP contribution in [0.3, 0.4) is 0 Å². The second-order valence-electron chi connectivity index (χ2n) is 4.19. The van der Waals surface area contributed by atoms with Gasteiger partial charge in [-0.2, -0.15) is 0 Å². The second-order valence-corrected chi connectivity index (χ2v) is 5.17. The van der Waals surface area contributed by atoms with Crippen molar-refractivity contribution in [3.8, 4) is 0 Å². The van der Waals surface area contributed by atoms with Gasteiger partial charge in [0.1, 0.15) is 0 Å². The number of carboxylic acid groups (broad SMARTS) is 1. The van der Waals surface area contributed by atoms with Crippen molar-refractivity contribution in [1.82, 2.24) is 5.32 Å². The van der Waals surface area contributed by atoms with E-state index >= 15 is 0 Å². The van der Waals surface area contributed by atoms with E-state index in [2.05, 4.69) is 5.32 Å². The lowest BCUT2D eigenvalue weighted by atomic mass is 10.1. The first kappa shape index (κ1) is 12.8. The maximum atomic E-state index is 11.9. The Bertz CT molecular complexity index is 470. The summed E-state index contributed by atoms with van der Waals surface area (Å²) in [4.78, 5) is 23.7. The van der Waals surface area contributed by atoms with E-state index in [9.17, 15) is 9.59 Å². The number of carbonyl (C=O) groups is 2. The van der Waals surface area contributed by atoms with Gasteiger partial charge in [0.2, 0.25) is 5.91 Å². The van der Waals surface area contributed by atoms with Gasteiger partial charge in [-0.1, -0.05) is 18.2 Å². The summed E-state index contributed by atoms with van der Waals surface area (Å²) in [6, 6.07) is 2.35. The van der Waals surface area contributed by atoms with Gasteiger partial charge in [0.15, 0.2) is 6.04 Å². The third-order valence-corrected chi connectivity index (χ3v) is 3.75. The molecular formula is C12H14N2O3S. The fourth-order valence-electron chi connectivity index (χ4n) is 1.88. The molecule has 1 aromatic heterocycles. The number of nitrogens with one attached hydrogen (secondary N) is 1. The van der Waals surface area contributed by atoms with Crippen molar-refractivity contribution in [2.75, 3.05) is 0 Å². The van der Waals surface area contributed by atoms with Gasteiger partial charge >= 0.3 is 5.97 Å². The van der Waals surface area contributed by atoms with Crippen molar-refractivity contribution < 1.29 is 14.7 Å². The Balaban J connectivity index is 2.04. The van der Waals surface area contributed by atoms with Crippen LogP contribution in [0.5, 0.6) is 0 Å². The Morgan fingerprint density at radius 2 is 2.28 bits per heavy atom. The van der Waals surface area contributed by atoms with Crippen molar-refractivity contribution in [1.29, 1.82) is 0 Å². The molecule has 18 heavy (non-hydrogen) atoms. The van der Waals surface area contributed by atoms with E-state index < -0.39 is 12.0 Å². The minimum atomic E-state index is -1.06. The molecule has 0 aliphatic heterocycles. The van der Waals surface area contributed by atoms with Crippen molar-refractivity contribution in [2.45, 2.75) is 18.5 Å². The number of carbonyl (C=O) groups excluding carboxylic acids is 1. The lowest BCUT2D eigenvalue weighted by Crippen LogP contribution is -2.37. The molecule has 4 N–H and O–H groups in total. The molecule has 1 aromatic rings. The van der Waals surface area contributed by atoms with Crippen LogP contribution in [0.25, 0.3) is 0 Å². The van der Waals surface area contributed by atoms with E-state index in [0.717, 1.165) is 0 Å². The fourth-order valence-corrected chi connectivity index (χ4v) is 2.65. The van der Waals surface area contributed by atoms with Crippen molar-refractivity contribution in [2.24, 2.45) is 11.7 Å². The monoisotopic (exact) mass is 266 g/mol. The Hall–Kier alpha value is -1.66. The number of amides is 1. The molecule has 96 valence electrons. The van der Waals surface area contributed by atoms with Crippen molar-refractivity contribution >= 4 is 23.2 Å². The normalized spacial score (nSPS) is 23.8. The first-order valence-electron chi connectivity index (χ1n) is 5.58. The minimum Gasteiger partial charge on any atom is -0.479 e. The summed E-state index contributed by atoms with van der Waals surface area (Å²) in [6.07, 6.45) is 4.03. The second kappa shape index (κ2) is 5.32. The Labute approximate surface area is 108 Å². The number of thiophene rings is 1. The number of rotatable bonds is 4. The van der Waals surface area contributed by atoms with E-state index in [4.69, 9.17) is 10.8 Å². The van der Waals surface area contributed by atoms with Gasteiger partial charge in [-0.05, 0) is 17.9 Å².